The zero-order valence-corrected chi connectivity index (χ0v) is 15.2. The van der Waals surface area contributed by atoms with Gasteiger partial charge >= 0.3 is 0 Å². The first kappa shape index (κ1) is 18.6. The third-order valence-electron chi connectivity index (χ3n) is 3.50. The molecule has 0 aliphatic carbocycles. The van der Waals surface area contributed by atoms with Gasteiger partial charge in [0.2, 0.25) is 0 Å². The molecular weight excluding hydrogens is 278 g/mol. The molecule has 21 heavy (non-hydrogen) atoms. The Morgan fingerprint density at radius 2 is 1.43 bits per heavy atom. The Kier molecular flexibility index (Phi) is 9.09. The summed E-state index contributed by atoms with van der Waals surface area (Å²) in [7, 11) is 0. The Morgan fingerprint density at radius 1 is 0.857 bits per heavy atom. The van der Waals surface area contributed by atoms with Crippen LogP contribution in [0.25, 0.3) is 0 Å². The van der Waals surface area contributed by atoms with Gasteiger partial charge < -0.3 is 5.32 Å². The highest BCUT2D eigenvalue weighted by Gasteiger charge is 2.09. The van der Waals surface area contributed by atoms with E-state index in [2.05, 4.69) is 43.2 Å². The average molecular weight is 312 g/mol. The number of unbranched alkanes of at least 4 members (excludes halogenated alkanes) is 6. The topological polar surface area (TPSA) is 37.8 Å². The van der Waals surface area contributed by atoms with Crippen molar-refractivity contribution < 1.29 is 0 Å². The molecule has 0 aromatic carbocycles. The van der Waals surface area contributed by atoms with E-state index in [1.165, 1.54) is 55.0 Å². The minimum Gasteiger partial charge on any atom is -0.312 e. The zero-order valence-electron chi connectivity index (χ0n) is 14.4. The molecule has 1 rings (SSSR count). The molecule has 1 N–H and O–H groups in total. The molecule has 122 valence electrons. The molecule has 0 saturated heterocycles. The number of aromatic nitrogens is 2. The lowest BCUT2D eigenvalue weighted by Gasteiger charge is -2.19. The molecule has 4 heteroatoms. The van der Waals surface area contributed by atoms with Gasteiger partial charge in [0.15, 0.2) is 0 Å². The largest absolute Gasteiger partial charge is 0.312 e. The second-order valence-electron chi connectivity index (χ2n) is 6.89. The molecule has 0 bridgehead atoms. The fraction of sp³-hybridized carbons (Fsp3) is 0.882. The molecular formula is C17H33N3S. The Bertz CT molecular complexity index is 368. The number of hydrogen-bond acceptors (Lipinski definition) is 4. The van der Waals surface area contributed by atoms with E-state index in [9.17, 15) is 0 Å². The van der Waals surface area contributed by atoms with Crippen molar-refractivity contribution in [1.82, 2.24) is 15.5 Å². The summed E-state index contributed by atoms with van der Waals surface area (Å²) in [6, 6.07) is 0. The highest BCUT2D eigenvalue weighted by atomic mass is 32.1. The van der Waals surface area contributed by atoms with E-state index in [0.29, 0.717) is 0 Å². The highest BCUT2D eigenvalue weighted by Crippen LogP contribution is 2.15. The minimum atomic E-state index is 0.186. The average Bonchev–Trinajstić information content (AvgIpc) is 2.84. The van der Waals surface area contributed by atoms with Crippen LogP contribution in [-0.2, 0) is 12.8 Å². The van der Waals surface area contributed by atoms with Crippen LogP contribution >= 0.6 is 11.3 Å². The van der Waals surface area contributed by atoms with Crippen molar-refractivity contribution >= 4 is 11.3 Å². The molecule has 0 aliphatic rings. The molecule has 3 nitrogen and oxygen atoms in total. The van der Waals surface area contributed by atoms with E-state index in [1.54, 1.807) is 11.3 Å². The van der Waals surface area contributed by atoms with Gasteiger partial charge in [0.25, 0.3) is 0 Å². The second-order valence-corrected chi connectivity index (χ2v) is 8.03. The van der Waals surface area contributed by atoms with Gasteiger partial charge in [-0.15, -0.1) is 21.5 Å². The summed E-state index contributed by atoms with van der Waals surface area (Å²) in [6.45, 7) is 9.83. The predicted octanol–water partition coefficient (Wildman–Crippen LogP) is 4.76. The molecule has 0 fully saturated rings. The van der Waals surface area contributed by atoms with Crippen molar-refractivity contribution in [3.05, 3.63) is 10.0 Å². The highest BCUT2D eigenvalue weighted by molar-refractivity contribution is 7.11. The molecule has 0 aliphatic heterocycles. The summed E-state index contributed by atoms with van der Waals surface area (Å²) < 4.78 is 0. The number of hydrogen-bond donors (Lipinski definition) is 1. The summed E-state index contributed by atoms with van der Waals surface area (Å²) in [5.41, 5.74) is 0.186. The minimum absolute atomic E-state index is 0.186. The standard InChI is InChI=1S/C17H33N3S/c1-5-6-7-8-9-10-11-12-15-19-20-16(21-15)13-14-18-17(2,3)4/h18H,5-14H2,1-4H3. The molecule has 0 atom stereocenters. The summed E-state index contributed by atoms with van der Waals surface area (Å²) in [6.07, 6.45) is 11.6. The Balaban J connectivity index is 2.09. The van der Waals surface area contributed by atoms with Crippen molar-refractivity contribution in [2.75, 3.05) is 6.54 Å². The molecule has 0 spiro atoms. The van der Waals surface area contributed by atoms with Crippen LogP contribution in [0.3, 0.4) is 0 Å². The molecule has 1 aromatic rings. The van der Waals surface area contributed by atoms with E-state index in [0.717, 1.165) is 19.4 Å². The molecule has 0 unspecified atom stereocenters. The van der Waals surface area contributed by atoms with Gasteiger partial charge in [0.05, 0.1) is 0 Å². The van der Waals surface area contributed by atoms with Gasteiger partial charge in [-0.3, -0.25) is 0 Å². The van der Waals surface area contributed by atoms with Crippen LogP contribution in [0.2, 0.25) is 0 Å². The van der Waals surface area contributed by atoms with Crippen molar-refractivity contribution in [2.45, 2.75) is 91.0 Å². The lowest BCUT2D eigenvalue weighted by molar-refractivity contribution is 0.429. The van der Waals surface area contributed by atoms with E-state index in [-0.39, 0.29) is 5.54 Å². The predicted molar refractivity (Wildman–Crippen MR) is 93.1 cm³/mol. The Hall–Kier alpha value is -0.480. The van der Waals surface area contributed by atoms with E-state index in [4.69, 9.17) is 0 Å². The Morgan fingerprint density at radius 3 is 2.05 bits per heavy atom. The first-order valence-corrected chi connectivity index (χ1v) is 9.39. The molecule has 0 radical (unpaired) electrons. The van der Waals surface area contributed by atoms with Gasteiger partial charge in [-0.1, -0.05) is 45.4 Å². The Labute approximate surface area is 135 Å². The SMILES string of the molecule is CCCCCCCCCc1nnc(CCNC(C)(C)C)s1. The first-order chi connectivity index (χ1) is 10.0. The maximum absolute atomic E-state index is 4.32. The van der Waals surface area contributed by atoms with Crippen LogP contribution in [0.4, 0.5) is 0 Å². The lowest BCUT2D eigenvalue weighted by atomic mass is 10.1. The van der Waals surface area contributed by atoms with Gasteiger partial charge in [-0.25, -0.2) is 0 Å². The van der Waals surface area contributed by atoms with Gasteiger partial charge in [-0.2, -0.15) is 0 Å². The molecule has 1 heterocycles. The summed E-state index contributed by atoms with van der Waals surface area (Å²) >= 11 is 1.79. The van der Waals surface area contributed by atoms with E-state index < -0.39 is 0 Å². The summed E-state index contributed by atoms with van der Waals surface area (Å²) in [5, 5.41) is 14.5. The number of aryl methyl sites for hydroxylation is 1. The van der Waals surface area contributed by atoms with Crippen LogP contribution in [0.5, 0.6) is 0 Å². The fourth-order valence-corrected chi connectivity index (χ4v) is 3.15. The number of nitrogens with one attached hydrogen (secondary N) is 1. The van der Waals surface area contributed by atoms with Crippen molar-refractivity contribution in [2.24, 2.45) is 0 Å². The lowest BCUT2D eigenvalue weighted by Crippen LogP contribution is -2.37. The second kappa shape index (κ2) is 10.3. The van der Waals surface area contributed by atoms with Crippen LogP contribution in [0, 0.1) is 0 Å². The van der Waals surface area contributed by atoms with Gasteiger partial charge in [-0.05, 0) is 27.2 Å². The van der Waals surface area contributed by atoms with Gasteiger partial charge in [0.1, 0.15) is 10.0 Å². The summed E-state index contributed by atoms with van der Waals surface area (Å²) in [5.74, 6) is 0. The number of rotatable bonds is 11. The van der Waals surface area contributed by atoms with Crippen molar-refractivity contribution in [1.29, 1.82) is 0 Å². The van der Waals surface area contributed by atoms with E-state index >= 15 is 0 Å². The smallest absolute Gasteiger partial charge is 0.118 e. The molecule has 1 aromatic heterocycles. The van der Waals surface area contributed by atoms with Crippen LogP contribution in [-0.4, -0.2) is 22.3 Å². The zero-order chi connectivity index (χ0) is 15.6. The molecule has 0 saturated carbocycles. The quantitative estimate of drug-likeness (QED) is 0.599. The van der Waals surface area contributed by atoms with Crippen molar-refractivity contribution in [3.63, 3.8) is 0 Å². The first-order valence-electron chi connectivity index (χ1n) is 8.57. The van der Waals surface area contributed by atoms with E-state index in [1.807, 2.05) is 0 Å². The van der Waals surface area contributed by atoms with Crippen LogP contribution in [0.15, 0.2) is 0 Å². The van der Waals surface area contributed by atoms with Crippen molar-refractivity contribution in [3.8, 4) is 0 Å². The normalized spacial score (nSPS) is 12.0. The third-order valence-corrected chi connectivity index (χ3v) is 4.54. The number of nitrogens with zero attached hydrogens (tertiary/aromatic N) is 2. The summed E-state index contributed by atoms with van der Waals surface area (Å²) in [4.78, 5) is 0. The fourth-order valence-electron chi connectivity index (χ4n) is 2.27. The third kappa shape index (κ3) is 9.97. The van der Waals surface area contributed by atoms with Crippen LogP contribution in [0.1, 0.15) is 82.7 Å². The van der Waals surface area contributed by atoms with Crippen LogP contribution < -0.4 is 5.32 Å². The van der Waals surface area contributed by atoms with Gasteiger partial charge in [0, 0.05) is 24.9 Å². The maximum atomic E-state index is 4.32. The monoisotopic (exact) mass is 311 g/mol. The molecule has 0 amide bonds. The maximum Gasteiger partial charge on any atom is 0.118 e.